The van der Waals surface area contributed by atoms with Crippen molar-refractivity contribution in [2.45, 2.75) is 13.8 Å². The second-order valence-corrected chi connectivity index (χ2v) is 5.13. The quantitative estimate of drug-likeness (QED) is 0.815. The van der Waals surface area contributed by atoms with Gasteiger partial charge in [0.2, 0.25) is 5.91 Å². The average molecular weight is 304 g/mol. The van der Waals surface area contributed by atoms with Gasteiger partial charge in [-0.1, -0.05) is 35.9 Å². The number of hydrogen-bond donors (Lipinski definition) is 1. The van der Waals surface area contributed by atoms with E-state index < -0.39 is 5.82 Å². The van der Waals surface area contributed by atoms with E-state index in [4.69, 9.17) is 11.6 Å². The number of aryl methyl sites for hydroxylation is 2. The Balaban J connectivity index is 2.17. The van der Waals surface area contributed by atoms with Gasteiger partial charge in [0.25, 0.3) is 0 Å². The van der Waals surface area contributed by atoms with E-state index >= 15 is 0 Å². The zero-order valence-corrected chi connectivity index (χ0v) is 12.5. The molecule has 2 aromatic rings. The second kappa shape index (κ2) is 6.55. The van der Waals surface area contributed by atoms with Gasteiger partial charge in [-0.15, -0.1) is 0 Å². The van der Waals surface area contributed by atoms with Crippen molar-refractivity contribution >= 4 is 29.3 Å². The lowest BCUT2D eigenvalue weighted by Gasteiger charge is -2.09. The predicted octanol–water partition coefficient (Wildman–Crippen LogP) is 4.75. The van der Waals surface area contributed by atoms with Gasteiger partial charge in [-0.05, 0) is 43.2 Å². The Morgan fingerprint density at radius 2 is 1.76 bits per heavy atom. The Labute approximate surface area is 128 Å². The fourth-order valence-electron chi connectivity index (χ4n) is 2.01. The molecule has 0 aliphatic heterocycles. The monoisotopic (exact) mass is 303 g/mol. The summed E-state index contributed by atoms with van der Waals surface area (Å²) in [7, 11) is 0. The molecule has 0 aliphatic rings. The van der Waals surface area contributed by atoms with Crippen molar-refractivity contribution in [1.29, 1.82) is 0 Å². The van der Waals surface area contributed by atoms with Crippen LogP contribution in [0.2, 0.25) is 5.02 Å². The molecule has 2 rings (SSSR count). The molecule has 0 heterocycles. The summed E-state index contributed by atoms with van der Waals surface area (Å²) in [4.78, 5) is 11.9. The molecule has 0 spiro atoms. The molecule has 108 valence electrons. The van der Waals surface area contributed by atoms with Gasteiger partial charge in [-0.25, -0.2) is 4.39 Å². The predicted molar refractivity (Wildman–Crippen MR) is 85.0 cm³/mol. The van der Waals surface area contributed by atoms with Gasteiger partial charge in [0, 0.05) is 17.3 Å². The number of hydrogen-bond acceptors (Lipinski definition) is 1. The van der Waals surface area contributed by atoms with Crippen LogP contribution < -0.4 is 5.32 Å². The lowest BCUT2D eigenvalue weighted by atomic mass is 10.1. The molecule has 0 aromatic heterocycles. The number of anilines is 1. The van der Waals surface area contributed by atoms with Gasteiger partial charge < -0.3 is 5.32 Å². The van der Waals surface area contributed by atoms with E-state index in [1.165, 1.54) is 24.3 Å². The number of carbonyl (C=O) groups is 1. The zero-order valence-electron chi connectivity index (χ0n) is 11.8. The van der Waals surface area contributed by atoms with Crippen LogP contribution in [0.1, 0.15) is 16.7 Å². The van der Waals surface area contributed by atoms with Crippen molar-refractivity contribution in [3.63, 3.8) is 0 Å². The van der Waals surface area contributed by atoms with Gasteiger partial charge in [0.05, 0.1) is 5.02 Å². The summed E-state index contributed by atoms with van der Waals surface area (Å²) < 4.78 is 13.6. The van der Waals surface area contributed by atoms with E-state index in [0.717, 1.165) is 16.8 Å². The molecule has 21 heavy (non-hydrogen) atoms. The van der Waals surface area contributed by atoms with Crippen LogP contribution in [0, 0.1) is 19.7 Å². The Bertz CT molecular complexity index is 669. The van der Waals surface area contributed by atoms with Crippen LogP contribution in [0.15, 0.2) is 42.5 Å². The van der Waals surface area contributed by atoms with Gasteiger partial charge in [-0.3, -0.25) is 4.79 Å². The maximum atomic E-state index is 13.6. The lowest BCUT2D eigenvalue weighted by Crippen LogP contribution is -2.10. The zero-order chi connectivity index (χ0) is 15.4. The number of amides is 1. The topological polar surface area (TPSA) is 29.1 Å². The SMILES string of the molecule is Cc1cccc(C)c1NC(=O)C=Cc1c(F)cccc1Cl. The molecule has 1 amide bonds. The smallest absolute Gasteiger partial charge is 0.248 e. The Morgan fingerprint density at radius 3 is 2.38 bits per heavy atom. The highest BCUT2D eigenvalue weighted by Gasteiger charge is 2.06. The Kier molecular flexibility index (Phi) is 4.76. The molecule has 0 radical (unpaired) electrons. The van der Waals surface area contributed by atoms with Crippen molar-refractivity contribution in [3.05, 3.63) is 70.0 Å². The molecule has 4 heteroatoms. The first-order valence-electron chi connectivity index (χ1n) is 6.48. The summed E-state index contributed by atoms with van der Waals surface area (Å²) in [6, 6.07) is 10.2. The van der Waals surface area contributed by atoms with E-state index in [1.54, 1.807) is 6.07 Å². The number of halogens is 2. The standard InChI is InChI=1S/C17H15ClFNO/c1-11-5-3-6-12(2)17(11)20-16(21)10-9-13-14(18)7-4-8-15(13)19/h3-10H,1-2H3,(H,20,21). The van der Waals surface area contributed by atoms with Crippen molar-refractivity contribution in [2.24, 2.45) is 0 Å². The van der Waals surface area contributed by atoms with Crippen LogP contribution in [-0.2, 0) is 4.79 Å². The molecule has 0 unspecified atom stereocenters. The molecule has 2 nitrogen and oxygen atoms in total. The highest BCUT2D eigenvalue weighted by Crippen LogP contribution is 2.21. The Morgan fingerprint density at radius 1 is 1.14 bits per heavy atom. The van der Waals surface area contributed by atoms with Gasteiger partial charge >= 0.3 is 0 Å². The van der Waals surface area contributed by atoms with E-state index in [0.29, 0.717) is 0 Å². The summed E-state index contributed by atoms with van der Waals surface area (Å²) in [6.45, 7) is 3.83. The molecule has 0 saturated carbocycles. The van der Waals surface area contributed by atoms with Crippen molar-refractivity contribution in [3.8, 4) is 0 Å². The number of nitrogens with one attached hydrogen (secondary N) is 1. The minimum absolute atomic E-state index is 0.204. The molecular weight excluding hydrogens is 289 g/mol. The third kappa shape index (κ3) is 3.70. The lowest BCUT2D eigenvalue weighted by molar-refractivity contribution is -0.111. The first-order valence-corrected chi connectivity index (χ1v) is 6.86. The van der Waals surface area contributed by atoms with Gasteiger partial charge in [0.15, 0.2) is 0 Å². The van der Waals surface area contributed by atoms with Crippen LogP contribution in [0.3, 0.4) is 0 Å². The minimum atomic E-state index is -0.460. The molecule has 0 aliphatic carbocycles. The fourth-order valence-corrected chi connectivity index (χ4v) is 2.23. The summed E-state index contributed by atoms with van der Waals surface area (Å²) in [5.74, 6) is -0.787. The first-order chi connectivity index (χ1) is 9.99. The second-order valence-electron chi connectivity index (χ2n) is 4.72. The van der Waals surface area contributed by atoms with E-state index in [2.05, 4.69) is 5.32 Å². The van der Waals surface area contributed by atoms with E-state index in [9.17, 15) is 9.18 Å². The molecule has 2 aromatic carbocycles. The number of para-hydroxylation sites is 1. The van der Waals surface area contributed by atoms with Crippen LogP contribution in [-0.4, -0.2) is 5.91 Å². The van der Waals surface area contributed by atoms with E-state index in [-0.39, 0.29) is 16.5 Å². The summed E-state index contributed by atoms with van der Waals surface area (Å²) >= 11 is 5.90. The van der Waals surface area contributed by atoms with Crippen LogP contribution in [0.25, 0.3) is 6.08 Å². The van der Waals surface area contributed by atoms with Gasteiger partial charge in [0.1, 0.15) is 5.82 Å². The highest BCUT2D eigenvalue weighted by atomic mass is 35.5. The van der Waals surface area contributed by atoms with Crippen molar-refractivity contribution in [1.82, 2.24) is 0 Å². The van der Waals surface area contributed by atoms with Crippen LogP contribution in [0.5, 0.6) is 0 Å². The normalized spacial score (nSPS) is 10.9. The third-order valence-corrected chi connectivity index (χ3v) is 3.46. The highest BCUT2D eigenvalue weighted by molar-refractivity contribution is 6.32. The molecule has 0 bridgehead atoms. The van der Waals surface area contributed by atoms with E-state index in [1.807, 2.05) is 32.0 Å². The maximum Gasteiger partial charge on any atom is 0.248 e. The number of benzene rings is 2. The first kappa shape index (κ1) is 15.3. The average Bonchev–Trinajstić information content (AvgIpc) is 2.42. The maximum absolute atomic E-state index is 13.6. The van der Waals surface area contributed by atoms with Crippen molar-refractivity contribution in [2.75, 3.05) is 5.32 Å². The number of carbonyl (C=O) groups excluding carboxylic acids is 1. The number of rotatable bonds is 3. The molecule has 0 atom stereocenters. The summed E-state index contributed by atoms with van der Waals surface area (Å²) in [5, 5.41) is 3.07. The molecule has 0 saturated heterocycles. The van der Waals surface area contributed by atoms with Crippen molar-refractivity contribution < 1.29 is 9.18 Å². The van der Waals surface area contributed by atoms with Crippen LogP contribution in [0.4, 0.5) is 10.1 Å². The summed E-state index contributed by atoms with van der Waals surface area (Å²) in [5.41, 5.74) is 2.92. The third-order valence-electron chi connectivity index (χ3n) is 3.13. The summed E-state index contributed by atoms with van der Waals surface area (Å²) in [6.07, 6.45) is 2.65. The van der Waals surface area contributed by atoms with Gasteiger partial charge in [-0.2, -0.15) is 0 Å². The molecule has 1 N–H and O–H groups in total. The van der Waals surface area contributed by atoms with Crippen LogP contribution >= 0.6 is 11.6 Å². The molecular formula is C17H15ClFNO. The minimum Gasteiger partial charge on any atom is -0.322 e. The molecule has 0 fully saturated rings. The Hall–Kier alpha value is -2.13. The fraction of sp³-hybridized carbons (Fsp3) is 0.118. The largest absolute Gasteiger partial charge is 0.322 e.